The average Bonchev–Trinajstić information content (AvgIpc) is 2.61. The van der Waals surface area contributed by atoms with Crippen LogP contribution in [-0.2, 0) is 0 Å². The van der Waals surface area contributed by atoms with Crippen molar-refractivity contribution in [2.45, 2.75) is 20.8 Å². The third kappa shape index (κ3) is 1.70. The van der Waals surface area contributed by atoms with E-state index in [1.54, 1.807) is 11.3 Å². The Balaban J connectivity index is 2.58. The summed E-state index contributed by atoms with van der Waals surface area (Å²) in [5, 5.41) is 0. The number of fused-ring (bicyclic) bond motifs is 1. The molecule has 0 aromatic carbocycles. The largest absolute Gasteiger partial charge is 0.289 e. The second-order valence-electron chi connectivity index (χ2n) is 3.91. The van der Waals surface area contributed by atoms with E-state index in [1.165, 1.54) is 0 Å². The zero-order chi connectivity index (χ0) is 11.2. The average molecular weight is 236 g/mol. The molecule has 1 aliphatic rings. The second-order valence-corrected chi connectivity index (χ2v) is 5.62. The van der Waals surface area contributed by atoms with E-state index >= 15 is 0 Å². The number of hydrogen-bond acceptors (Lipinski definition) is 3. The van der Waals surface area contributed by atoms with Gasteiger partial charge in [0.15, 0.2) is 5.78 Å². The number of ketones is 1. The Kier molecular flexibility index (Phi) is 2.61. The summed E-state index contributed by atoms with van der Waals surface area (Å²) in [7, 11) is 0. The molecule has 1 heterocycles. The van der Waals surface area contributed by atoms with E-state index in [1.807, 2.05) is 32.9 Å². The van der Waals surface area contributed by atoms with Crippen molar-refractivity contribution in [3.05, 3.63) is 38.6 Å². The lowest BCUT2D eigenvalue weighted by Gasteiger charge is -1.96. The van der Waals surface area contributed by atoms with E-state index in [-0.39, 0.29) is 5.78 Å². The maximum atomic E-state index is 12.0. The highest BCUT2D eigenvalue weighted by atomic mass is 32.1. The van der Waals surface area contributed by atoms with Crippen molar-refractivity contribution in [3.63, 3.8) is 0 Å². The molecule has 0 unspecified atom stereocenters. The van der Waals surface area contributed by atoms with Crippen LogP contribution in [0.3, 0.4) is 0 Å². The van der Waals surface area contributed by atoms with Crippen LogP contribution in [0.4, 0.5) is 0 Å². The van der Waals surface area contributed by atoms with Gasteiger partial charge in [0, 0.05) is 20.9 Å². The van der Waals surface area contributed by atoms with Gasteiger partial charge >= 0.3 is 0 Å². The Labute approximate surface area is 98.9 Å². The number of hydrogen-bond donors (Lipinski definition) is 1. The SMILES string of the molecule is CC(C)=CC1=C(S)c2sc(C)cc2C1=O. The predicted molar refractivity (Wildman–Crippen MR) is 68.7 cm³/mol. The molecule has 0 amide bonds. The van der Waals surface area contributed by atoms with Crippen LogP contribution >= 0.6 is 24.0 Å². The van der Waals surface area contributed by atoms with Crippen molar-refractivity contribution < 1.29 is 4.79 Å². The maximum Gasteiger partial charge on any atom is 0.195 e. The van der Waals surface area contributed by atoms with Crippen LogP contribution in [0, 0.1) is 6.92 Å². The van der Waals surface area contributed by atoms with E-state index < -0.39 is 0 Å². The van der Waals surface area contributed by atoms with E-state index in [2.05, 4.69) is 12.6 Å². The van der Waals surface area contributed by atoms with Crippen LogP contribution in [0.5, 0.6) is 0 Å². The lowest BCUT2D eigenvalue weighted by atomic mass is 10.1. The van der Waals surface area contributed by atoms with Crippen LogP contribution in [0.2, 0.25) is 0 Å². The van der Waals surface area contributed by atoms with Gasteiger partial charge in [-0.1, -0.05) is 11.6 Å². The molecule has 1 aliphatic carbocycles. The monoisotopic (exact) mass is 236 g/mol. The third-order valence-electron chi connectivity index (χ3n) is 2.25. The van der Waals surface area contributed by atoms with Crippen molar-refractivity contribution in [1.29, 1.82) is 0 Å². The van der Waals surface area contributed by atoms with Gasteiger partial charge < -0.3 is 0 Å². The molecule has 0 bridgehead atoms. The van der Waals surface area contributed by atoms with Gasteiger partial charge in [-0.25, -0.2) is 0 Å². The third-order valence-corrected chi connectivity index (χ3v) is 3.93. The number of thiophene rings is 1. The highest BCUT2D eigenvalue weighted by molar-refractivity contribution is 7.91. The van der Waals surface area contributed by atoms with Crippen molar-refractivity contribution in [2.75, 3.05) is 0 Å². The zero-order valence-electron chi connectivity index (χ0n) is 8.92. The predicted octanol–water partition coefficient (Wildman–Crippen LogP) is 3.86. The summed E-state index contributed by atoms with van der Waals surface area (Å²) in [5.74, 6) is 0.112. The van der Waals surface area contributed by atoms with Gasteiger partial charge in [0.1, 0.15) is 0 Å². The fourth-order valence-corrected chi connectivity index (χ4v) is 3.05. The van der Waals surface area contributed by atoms with Gasteiger partial charge in [-0.2, -0.15) is 0 Å². The summed E-state index contributed by atoms with van der Waals surface area (Å²) < 4.78 is 0. The number of carbonyl (C=O) groups is 1. The number of aryl methyl sites for hydroxylation is 1. The number of carbonyl (C=O) groups excluding carboxylic acids is 1. The van der Waals surface area contributed by atoms with Gasteiger partial charge in [-0.15, -0.1) is 24.0 Å². The Morgan fingerprint density at radius 1 is 1.47 bits per heavy atom. The number of allylic oxidation sites excluding steroid dienone is 3. The molecule has 0 saturated carbocycles. The number of Topliss-reactive ketones (excluding diaryl/α,β-unsaturated/α-hetero) is 1. The zero-order valence-corrected chi connectivity index (χ0v) is 10.6. The van der Waals surface area contributed by atoms with E-state index in [9.17, 15) is 4.79 Å². The molecular formula is C12H12OS2. The van der Waals surface area contributed by atoms with Crippen LogP contribution in [0.15, 0.2) is 23.3 Å². The summed E-state index contributed by atoms with van der Waals surface area (Å²) in [6.45, 7) is 5.98. The normalized spacial score (nSPS) is 14.5. The van der Waals surface area contributed by atoms with Crippen LogP contribution in [0.25, 0.3) is 4.91 Å². The first-order chi connectivity index (χ1) is 7.00. The molecule has 0 aliphatic heterocycles. The standard InChI is InChI=1S/C12H12OS2/c1-6(2)4-8-10(13)9-5-7(3)15-12(9)11(8)14/h4-5,14H,1-3H3. The molecule has 0 spiro atoms. The minimum Gasteiger partial charge on any atom is -0.289 e. The minimum atomic E-state index is 0.112. The van der Waals surface area contributed by atoms with Crippen LogP contribution in [0.1, 0.15) is 34.0 Å². The summed E-state index contributed by atoms with van der Waals surface area (Å²) in [6.07, 6.45) is 1.91. The molecule has 0 saturated heterocycles. The van der Waals surface area contributed by atoms with Gasteiger partial charge in [0.05, 0.1) is 4.88 Å². The fraction of sp³-hybridized carbons (Fsp3) is 0.250. The Morgan fingerprint density at radius 2 is 2.13 bits per heavy atom. The van der Waals surface area contributed by atoms with E-state index in [0.717, 1.165) is 31.4 Å². The first-order valence-electron chi connectivity index (χ1n) is 4.74. The Morgan fingerprint density at radius 3 is 2.67 bits per heavy atom. The molecular weight excluding hydrogens is 224 g/mol. The van der Waals surface area contributed by atoms with Crippen molar-refractivity contribution in [2.24, 2.45) is 0 Å². The first-order valence-corrected chi connectivity index (χ1v) is 6.00. The summed E-state index contributed by atoms with van der Waals surface area (Å²) >= 11 is 6.07. The van der Waals surface area contributed by atoms with Crippen molar-refractivity contribution >= 4 is 34.7 Å². The molecule has 0 N–H and O–H groups in total. The maximum absolute atomic E-state index is 12.0. The van der Waals surface area contributed by atoms with Gasteiger partial charge in [-0.3, -0.25) is 4.79 Å². The number of rotatable bonds is 1. The molecule has 3 heteroatoms. The van der Waals surface area contributed by atoms with E-state index in [0.29, 0.717) is 0 Å². The van der Waals surface area contributed by atoms with Crippen molar-refractivity contribution in [3.8, 4) is 0 Å². The molecule has 2 rings (SSSR count). The molecule has 1 aromatic heterocycles. The Hall–Kier alpha value is -0.800. The lowest BCUT2D eigenvalue weighted by Crippen LogP contribution is -1.95. The molecule has 0 atom stereocenters. The Bertz CT molecular complexity index is 500. The summed E-state index contributed by atoms with van der Waals surface area (Å²) in [4.78, 5) is 15.0. The van der Waals surface area contributed by atoms with Gasteiger partial charge in [-0.05, 0) is 26.8 Å². The topological polar surface area (TPSA) is 17.1 Å². The smallest absolute Gasteiger partial charge is 0.195 e. The fourth-order valence-electron chi connectivity index (χ4n) is 1.66. The van der Waals surface area contributed by atoms with Crippen LogP contribution < -0.4 is 0 Å². The quantitative estimate of drug-likeness (QED) is 0.733. The second kappa shape index (κ2) is 3.65. The summed E-state index contributed by atoms with van der Waals surface area (Å²) in [5.41, 5.74) is 2.67. The highest BCUT2D eigenvalue weighted by Crippen LogP contribution is 2.41. The lowest BCUT2D eigenvalue weighted by molar-refractivity contribution is 0.104. The van der Waals surface area contributed by atoms with Crippen LogP contribution in [-0.4, -0.2) is 5.78 Å². The first kappa shape index (κ1) is 10.7. The minimum absolute atomic E-state index is 0.112. The highest BCUT2D eigenvalue weighted by Gasteiger charge is 2.28. The van der Waals surface area contributed by atoms with Gasteiger partial charge in [0.25, 0.3) is 0 Å². The molecule has 15 heavy (non-hydrogen) atoms. The molecule has 78 valence electrons. The molecule has 1 nitrogen and oxygen atoms in total. The van der Waals surface area contributed by atoms with Crippen molar-refractivity contribution in [1.82, 2.24) is 0 Å². The number of thiol groups is 1. The molecule has 0 radical (unpaired) electrons. The van der Waals surface area contributed by atoms with Gasteiger partial charge in [0.2, 0.25) is 0 Å². The summed E-state index contributed by atoms with van der Waals surface area (Å²) in [6, 6.07) is 1.95. The molecule has 1 aromatic rings. The molecule has 0 fully saturated rings. The van der Waals surface area contributed by atoms with E-state index in [4.69, 9.17) is 0 Å².